The molecule has 3 N–H and O–H groups in total. The molecule has 0 saturated heterocycles. The maximum atomic E-state index is 5.83. The Morgan fingerprint density at radius 2 is 1.73 bits per heavy atom. The summed E-state index contributed by atoms with van der Waals surface area (Å²) in [6, 6.07) is 2.71. The monoisotopic (exact) mass is 228 g/mol. The van der Waals surface area contributed by atoms with E-state index in [0.717, 1.165) is 31.6 Å². The van der Waals surface area contributed by atoms with Gasteiger partial charge in [-0.2, -0.15) is 0 Å². The van der Waals surface area contributed by atoms with Gasteiger partial charge in [-0.25, -0.2) is 9.97 Å². The molecule has 1 fully saturated rings. The lowest BCUT2D eigenvalue weighted by atomic mass is 9.92. The normalized spacial score (nSPS) is 25.4. The first-order valence-corrected chi connectivity index (χ1v) is 5.14. The summed E-state index contributed by atoms with van der Waals surface area (Å²) in [7, 11) is 0. The summed E-state index contributed by atoms with van der Waals surface area (Å²) in [6.07, 6.45) is 7.96. The quantitative estimate of drug-likeness (QED) is 0.807. The minimum Gasteiger partial charge on any atom is -0.351 e. The summed E-state index contributed by atoms with van der Waals surface area (Å²) < 4.78 is 0. The Kier molecular flexibility index (Phi) is 4.78. The Hall–Kier alpha value is -0.870. The molecule has 0 aliphatic heterocycles. The molecule has 4 nitrogen and oxygen atoms in total. The van der Waals surface area contributed by atoms with Gasteiger partial charge in [-0.1, -0.05) is 0 Å². The number of aromatic nitrogens is 2. The zero-order chi connectivity index (χ0) is 9.80. The molecule has 15 heavy (non-hydrogen) atoms. The highest BCUT2D eigenvalue weighted by molar-refractivity contribution is 5.85. The molecule has 1 saturated carbocycles. The Bertz CT molecular complexity index is 272. The number of anilines is 1. The van der Waals surface area contributed by atoms with E-state index in [1.54, 1.807) is 12.4 Å². The van der Waals surface area contributed by atoms with Gasteiger partial charge in [-0.05, 0) is 31.7 Å². The average Bonchev–Trinajstić information content (AvgIpc) is 2.23. The summed E-state index contributed by atoms with van der Waals surface area (Å²) in [6.45, 7) is 0. The Morgan fingerprint density at radius 3 is 2.33 bits per heavy atom. The number of rotatable bonds is 2. The number of nitrogens with zero attached hydrogens (tertiary/aromatic N) is 2. The van der Waals surface area contributed by atoms with Crippen LogP contribution in [-0.2, 0) is 0 Å². The van der Waals surface area contributed by atoms with Gasteiger partial charge < -0.3 is 11.1 Å². The van der Waals surface area contributed by atoms with Gasteiger partial charge in [0.2, 0.25) is 5.95 Å². The third kappa shape index (κ3) is 3.64. The van der Waals surface area contributed by atoms with Crippen LogP contribution in [0.4, 0.5) is 5.95 Å². The third-order valence-corrected chi connectivity index (χ3v) is 2.67. The lowest BCUT2D eigenvalue weighted by molar-refractivity contribution is 0.410. The van der Waals surface area contributed by atoms with Crippen LogP contribution in [0.2, 0.25) is 0 Å². The van der Waals surface area contributed by atoms with Crippen LogP contribution in [0.15, 0.2) is 18.5 Å². The van der Waals surface area contributed by atoms with Crippen molar-refractivity contribution in [1.29, 1.82) is 0 Å². The van der Waals surface area contributed by atoms with E-state index in [2.05, 4.69) is 15.3 Å². The number of nitrogens with two attached hydrogens (primary N) is 1. The van der Waals surface area contributed by atoms with Crippen molar-refractivity contribution in [2.75, 3.05) is 5.32 Å². The van der Waals surface area contributed by atoms with Gasteiger partial charge in [-0.3, -0.25) is 0 Å². The molecule has 0 aromatic carbocycles. The summed E-state index contributed by atoms with van der Waals surface area (Å²) >= 11 is 0. The van der Waals surface area contributed by atoms with Crippen molar-refractivity contribution in [3.8, 4) is 0 Å². The molecule has 2 rings (SSSR count). The lowest BCUT2D eigenvalue weighted by Crippen LogP contribution is -2.33. The molecule has 1 aliphatic rings. The molecule has 1 aromatic heterocycles. The van der Waals surface area contributed by atoms with Crippen LogP contribution in [0, 0.1) is 0 Å². The molecule has 0 spiro atoms. The van der Waals surface area contributed by atoms with Crippen molar-refractivity contribution in [3.05, 3.63) is 18.5 Å². The molecule has 1 aromatic rings. The van der Waals surface area contributed by atoms with E-state index >= 15 is 0 Å². The van der Waals surface area contributed by atoms with Gasteiger partial charge in [0.05, 0.1) is 0 Å². The number of hydrogen-bond donors (Lipinski definition) is 2. The van der Waals surface area contributed by atoms with Crippen molar-refractivity contribution in [3.63, 3.8) is 0 Å². The number of nitrogens with one attached hydrogen (secondary N) is 1. The Balaban J connectivity index is 0.00000112. The fourth-order valence-corrected chi connectivity index (χ4v) is 1.82. The summed E-state index contributed by atoms with van der Waals surface area (Å²) in [5.41, 5.74) is 5.83. The largest absolute Gasteiger partial charge is 0.351 e. The highest BCUT2D eigenvalue weighted by atomic mass is 35.5. The van der Waals surface area contributed by atoms with Crippen LogP contribution in [0.25, 0.3) is 0 Å². The second-order valence-electron chi connectivity index (χ2n) is 3.83. The second kappa shape index (κ2) is 5.88. The molecule has 1 aliphatic carbocycles. The molecule has 0 amide bonds. The van der Waals surface area contributed by atoms with Crippen LogP contribution in [0.5, 0.6) is 0 Å². The van der Waals surface area contributed by atoms with Crippen LogP contribution in [0.1, 0.15) is 25.7 Å². The zero-order valence-corrected chi connectivity index (χ0v) is 9.41. The van der Waals surface area contributed by atoms with Crippen LogP contribution >= 0.6 is 12.4 Å². The smallest absolute Gasteiger partial charge is 0.222 e. The van der Waals surface area contributed by atoms with Crippen LogP contribution in [-0.4, -0.2) is 22.1 Å². The van der Waals surface area contributed by atoms with Crippen molar-refractivity contribution >= 4 is 18.4 Å². The van der Waals surface area contributed by atoms with Crippen LogP contribution in [0.3, 0.4) is 0 Å². The van der Waals surface area contributed by atoms with Crippen LogP contribution < -0.4 is 11.1 Å². The van der Waals surface area contributed by atoms with E-state index in [1.807, 2.05) is 6.07 Å². The zero-order valence-electron chi connectivity index (χ0n) is 8.60. The van der Waals surface area contributed by atoms with E-state index in [4.69, 9.17) is 5.73 Å². The fourth-order valence-electron chi connectivity index (χ4n) is 1.82. The second-order valence-corrected chi connectivity index (χ2v) is 3.83. The highest BCUT2D eigenvalue weighted by Gasteiger charge is 2.18. The summed E-state index contributed by atoms with van der Waals surface area (Å²) in [5.74, 6) is 0.730. The summed E-state index contributed by atoms with van der Waals surface area (Å²) in [4.78, 5) is 8.28. The first-order valence-electron chi connectivity index (χ1n) is 5.14. The lowest BCUT2D eigenvalue weighted by Gasteiger charge is -2.26. The predicted octanol–water partition coefficient (Wildman–Crippen LogP) is 1.58. The topological polar surface area (TPSA) is 63.8 Å². The maximum absolute atomic E-state index is 5.83. The Labute approximate surface area is 96.1 Å². The Morgan fingerprint density at radius 1 is 1.13 bits per heavy atom. The fraction of sp³-hybridized carbons (Fsp3) is 0.600. The van der Waals surface area contributed by atoms with Gasteiger partial charge in [0.15, 0.2) is 0 Å². The molecule has 1 heterocycles. The highest BCUT2D eigenvalue weighted by Crippen LogP contribution is 2.19. The maximum Gasteiger partial charge on any atom is 0.222 e. The minimum absolute atomic E-state index is 0. The minimum atomic E-state index is 0. The van der Waals surface area contributed by atoms with Gasteiger partial charge in [0.25, 0.3) is 0 Å². The first-order chi connectivity index (χ1) is 6.84. The van der Waals surface area contributed by atoms with Crippen molar-refractivity contribution < 1.29 is 0 Å². The van der Waals surface area contributed by atoms with Gasteiger partial charge in [0.1, 0.15) is 0 Å². The van der Waals surface area contributed by atoms with E-state index in [9.17, 15) is 0 Å². The van der Waals surface area contributed by atoms with E-state index in [0.29, 0.717) is 12.1 Å². The molecular weight excluding hydrogens is 212 g/mol. The standard InChI is InChI=1S/C10H16N4.ClH/c11-8-2-4-9(5-3-8)14-10-12-6-1-7-13-10;/h1,6-9H,2-5,11H2,(H,12,13,14);1H/t8-,9+;. The SMILES string of the molecule is Cl.N[C@H]1CC[C@@H](Nc2ncccn2)CC1. The molecule has 5 heteroatoms. The van der Waals surface area contributed by atoms with Crippen molar-refractivity contribution in [1.82, 2.24) is 9.97 Å². The molecule has 84 valence electrons. The van der Waals surface area contributed by atoms with Gasteiger partial charge in [0, 0.05) is 24.5 Å². The van der Waals surface area contributed by atoms with E-state index in [-0.39, 0.29) is 12.4 Å². The van der Waals surface area contributed by atoms with Gasteiger partial charge in [-0.15, -0.1) is 12.4 Å². The molecule has 0 radical (unpaired) electrons. The molecule has 0 bridgehead atoms. The number of halogens is 1. The summed E-state index contributed by atoms with van der Waals surface area (Å²) in [5, 5.41) is 3.32. The van der Waals surface area contributed by atoms with Crippen molar-refractivity contribution in [2.24, 2.45) is 5.73 Å². The third-order valence-electron chi connectivity index (χ3n) is 2.67. The van der Waals surface area contributed by atoms with E-state index < -0.39 is 0 Å². The van der Waals surface area contributed by atoms with E-state index in [1.165, 1.54) is 0 Å². The number of hydrogen-bond acceptors (Lipinski definition) is 4. The first kappa shape index (κ1) is 12.2. The molecular formula is C10H17ClN4. The van der Waals surface area contributed by atoms with Gasteiger partial charge >= 0.3 is 0 Å². The molecule has 0 atom stereocenters. The average molecular weight is 229 g/mol. The molecule has 0 unspecified atom stereocenters. The van der Waals surface area contributed by atoms with Crippen molar-refractivity contribution in [2.45, 2.75) is 37.8 Å². The predicted molar refractivity (Wildman–Crippen MR) is 63.1 cm³/mol.